The van der Waals surface area contributed by atoms with Gasteiger partial charge in [0.05, 0.1) is 21.7 Å². The molecule has 0 amide bonds. The highest BCUT2D eigenvalue weighted by atomic mass is 16.6. The summed E-state index contributed by atoms with van der Waals surface area (Å²) in [5, 5.41) is 21.0. The van der Waals surface area contributed by atoms with E-state index >= 15 is 0 Å². The zero-order chi connectivity index (χ0) is 19.2. The molecule has 0 aliphatic rings. The lowest BCUT2D eigenvalue weighted by molar-refractivity contribution is -0.383. The maximum atomic E-state index is 11.2. The molecule has 138 valence electrons. The van der Waals surface area contributed by atoms with Crippen molar-refractivity contribution in [2.75, 3.05) is 25.3 Å². The number of nitro groups is 1. The molecule has 0 radical (unpaired) electrons. The number of nitrogens with zero attached hydrogens (tertiary/aromatic N) is 4. The molecule has 0 atom stereocenters. The number of hydrogen-bond donors (Lipinski definition) is 0. The van der Waals surface area contributed by atoms with E-state index in [0.717, 1.165) is 12.2 Å². The highest BCUT2D eigenvalue weighted by Gasteiger charge is 2.13. The number of methoxy groups -OCH3 is 1. The summed E-state index contributed by atoms with van der Waals surface area (Å²) in [4.78, 5) is 12.9. The van der Waals surface area contributed by atoms with Gasteiger partial charge in [-0.15, -0.1) is 5.11 Å². The molecular weight excluding hydrogens is 344 g/mol. The average molecular weight is 364 g/mol. The van der Waals surface area contributed by atoms with Crippen LogP contribution < -0.4 is 4.90 Å². The van der Waals surface area contributed by atoms with Crippen molar-refractivity contribution >= 4 is 33.5 Å². The van der Waals surface area contributed by atoms with E-state index in [1.165, 1.54) is 6.07 Å². The van der Waals surface area contributed by atoms with Crippen molar-refractivity contribution in [3.63, 3.8) is 0 Å². The Morgan fingerprint density at radius 2 is 1.70 bits per heavy atom. The molecule has 0 aromatic heterocycles. The molecule has 7 heteroatoms. The fraction of sp³-hybridized carbons (Fsp3) is 0.200. The van der Waals surface area contributed by atoms with E-state index in [9.17, 15) is 10.1 Å². The van der Waals surface area contributed by atoms with Crippen LogP contribution in [0, 0.1) is 10.1 Å². The van der Waals surface area contributed by atoms with Crippen LogP contribution in [0.1, 0.15) is 6.92 Å². The fourth-order valence-electron chi connectivity index (χ4n) is 2.86. The second-order valence-corrected chi connectivity index (χ2v) is 5.90. The fourth-order valence-corrected chi connectivity index (χ4v) is 2.86. The van der Waals surface area contributed by atoms with Crippen LogP contribution in [0.25, 0.3) is 10.8 Å². The van der Waals surface area contributed by atoms with Gasteiger partial charge < -0.3 is 9.64 Å². The first kappa shape index (κ1) is 18.5. The lowest BCUT2D eigenvalue weighted by atomic mass is 10.1. The summed E-state index contributed by atoms with van der Waals surface area (Å²) in [5.41, 5.74) is 2.40. The third kappa shape index (κ3) is 4.09. The summed E-state index contributed by atoms with van der Waals surface area (Å²) < 4.78 is 5.19. The van der Waals surface area contributed by atoms with Crippen LogP contribution >= 0.6 is 0 Å². The van der Waals surface area contributed by atoms with Crippen LogP contribution in [-0.2, 0) is 4.74 Å². The maximum absolute atomic E-state index is 11.2. The second-order valence-electron chi connectivity index (χ2n) is 5.90. The molecule has 0 spiro atoms. The Hall–Kier alpha value is -3.32. The molecule has 7 nitrogen and oxygen atoms in total. The van der Waals surface area contributed by atoms with Crippen molar-refractivity contribution in [2.24, 2.45) is 10.2 Å². The van der Waals surface area contributed by atoms with E-state index < -0.39 is 0 Å². The smallest absolute Gasteiger partial charge is 0.277 e. The third-order valence-electron chi connectivity index (χ3n) is 4.23. The summed E-state index contributed by atoms with van der Waals surface area (Å²) in [6.45, 7) is 3.42. The highest BCUT2D eigenvalue weighted by Crippen LogP contribution is 2.34. The molecule has 0 bridgehead atoms. The number of fused-ring (bicyclic) bond motifs is 1. The summed E-state index contributed by atoms with van der Waals surface area (Å²) in [7, 11) is 1.67. The van der Waals surface area contributed by atoms with Crippen molar-refractivity contribution in [3.05, 3.63) is 70.8 Å². The van der Waals surface area contributed by atoms with Crippen LogP contribution in [0.5, 0.6) is 0 Å². The Bertz CT molecular complexity index is 971. The minimum Gasteiger partial charge on any atom is -0.364 e. The number of non-ortho nitro benzene ring substituents is 1. The van der Waals surface area contributed by atoms with Crippen molar-refractivity contribution in [2.45, 2.75) is 6.92 Å². The van der Waals surface area contributed by atoms with Gasteiger partial charge in [-0.05, 0) is 43.3 Å². The standard InChI is InChI=1S/C20H20N4O3/c1-3-23(14-27-2)16-10-8-15(9-11-16)21-22-19-12-13-20(24(25)26)18-7-5-4-6-17(18)19/h4-13H,3,14H2,1-2H3. The number of hydrogen-bond acceptors (Lipinski definition) is 6. The van der Waals surface area contributed by atoms with Crippen LogP contribution in [0.15, 0.2) is 70.9 Å². The summed E-state index contributed by atoms with van der Waals surface area (Å²) >= 11 is 0. The Morgan fingerprint density at radius 1 is 1.00 bits per heavy atom. The average Bonchev–Trinajstić information content (AvgIpc) is 2.70. The van der Waals surface area contributed by atoms with E-state index in [1.54, 1.807) is 25.3 Å². The topological polar surface area (TPSA) is 80.3 Å². The van der Waals surface area contributed by atoms with Gasteiger partial charge in [-0.1, -0.05) is 18.2 Å². The molecule has 0 fully saturated rings. The Kier molecular flexibility index (Phi) is 5.73. The van der Waals surface area contributed by atoms with E-state index in [-0.39, 0.29) is 10.6 Å². The van der Waals surface area contributed by atoms with E-state index in [0.29, 0.717) is 28.9 Å². The zero-order valence-corrected chi connectivity index (χ0v) is 15.2. The lowest BCUT2D eigenvalue weighted by Crippen LogP contribution is -2.24. The van der Waals surface area contributed by atoms with Gasteiger partial charge in [0.25, 0.3) is 5.69 Å². The van der Waals surface area contributed by atoms with Crippen molar-refractivity contribution in [3.8, 4) is 0 Å². The van der Waals surface area contributed by atoms with Crippen molar-refractivity contribution in [1.29, 1.82) is 0 Å². The molecule has 0 saturated heterocycles. The molecule has 3 aromatic carbocycles. The summed E-state index contributed by atoms with van der Waals surface area (Å²) in [6, 6.07) is 17.9. The van der Waals surface area contributed by atoms with Gasteiger partial charge in [0, 0.05) is 30.8 Å². The first-order valence-corrected chi connectivity index (χ1v) is 8.56. The SMILES string of the molecule is CCN(COC)c1ccc(N=Nc2ccc([N+](=O)[O-])c3ccccc23)cc1. The van der Waals surface area contributed by atoms with Gasteiger partial charge in [0.2, 0.25) is 0 Å². The molecular formula is C20H20N4O3. The van der Waals surface area contributed by atoms with E-state index in [4.69, 9.17) is 4.74 Å². The van der Waals surface area contributed by atoms with Crippen molar-refractivity contribution in [1.82, 2.24) is 0 Å². The first-order chi connectivity index (χ1) is 13.1. The molecule has 0 unspecified atom stereocenters. The highest BCUT2D eigenvalue weighted by molar-refractivity contribution is 5.98. The van der Waals surface area contributed by atoms with Gasteiger partial charge >= 0.3 is 0 Å². The molecule has 0 heterocycles. The molecule has 27 heavy (non-hydrogen) atoms. The number of azo groups is 1. The zero-order valence-electron chi connectivity index (χ0n) is 15.2. The first-order valence-electron chi connectivity index (χ1n) is 8.56. The predicted octanol–water partition coefficient (Wildman–Crippen LogP) is 5.59. The van der Waals surface area contributed by atoms with Crippen LogP contribution in [0.3, 0.4) is 0 Å². The minimum absolute atomic E-state index is 0.0618. The lowest BCUT2D eigenvalue weighted by Gasteiger charge is -2.21. The van der Waals surface area contributed by atoms with Gasteiger partial charge in [-0.3, -0.25) is 10.1 Å². The minimum atomic E-state index is -0.387. The van der Waals surface area contributed by atoms with Gasteiger partial charge in [0.1, 0.15) is 6.73 Å². The van der Waals surface area contributed by atoms with Gasteiger partial charge in [-0.2, -0.15) is 5.11 Å². The molecule has 0 saturated carbocycles. The largest absolute Gasteiger partial charge is 0.364 e. The normalized spacial score (nSPS) is 11.2. The number of ether oxygens (including phenoxy) is 1. The summed E-state index contributed by atoms with van der Waals surface area (Å²) in [5.74, 6) is 0. The molecule has 0 aliphatic heterocycles. The third-order valence-corrected chi connectivity index (χ3v) is 4.23. The maximum Gasteiger partial charge on any atom is 0.277 e. The predicted molar refractivity (Wildman–Crippen MR) is 106 cm³/mol. The Balaban J connectivity index is 1.88. The van der Waals surface area contributed by atoms with Gasteiger partial charge in [0.15, 0.2) is 0 Å². The molecule has 3 aromatic rings. The van der Waals surface area contributed by atoms with E-state index in [1.807, 2.05) is 36.4 Å². The molecule has 0 aliphatic carbocycles. The monoisotopic (exact) mass is 364 g/mol. The Morgan fingerprint density at radius 3 is 2.33 bits per heavy atom. The van der Waals surface area contributed by atoms with Crippen LogP contribution in [-0.4, -0.2) is 25.3 Å². The van der Waals surface area contributed by atoms with E-state index in [2.05, 4.69) is 22.1 Å². The number of benzene rings is 3. The molecule has 3 rings (SSSR count). The van der Waals surface area contributed by atoms with Crippen molar-refractivity contribution < 1.29 is 9.66 Å². The Labute approximate surface area is 157 Å². The second kappa shape index (κ2) is 8.37. The van der Waals surface area contributed by atoms with Crippen LogP contribution in [0.4, 0.5) is 22.7 Å². The number of rotatable bonds is 7. The number of nitro benzene ring substituents is 1. The van der Waals surface area contributed by atoms with Gasteiger partial charge in [-0.25, -0.2) is 0 Å². The molecule has 0 N–H and O–H groups in total. The summed E-state index contributed by atoms with van der Waals surface area (Å²) in [6.07, 6.45) is 0. The van der Waals surface area contributed by atoms with Crippen LogP contribution in [0.2, 0.25) is 0 Å². The number of anilines is 1. The quantitative estimate of drug-likeness (QED) is 0.237.